The fourth-order valence-corrected chi connectivity index (χ4v) is 1.65. The van der Waals surface area contributed by atoms with E-state index in [4.69, 9.17) is 14.0 Å². The van der Waals surface area contributed by atoms with Gasteiger partial charge < -0.3 is 0 Å². The van der Waals surface area contributed by atoms with Gasteiger partial charge in [-0.25, -0.2) is 0 Å². The Labute approximate surface area is 138 Å². The normalized spacial score (nSPS) is 13.5. The van der Waals surface area contributed by atoms with Gasteiger partial charge >= 0.3 is 33.9 Å². The number of rotatable bonds is 2. The van der Waals surface area contributed by atoms with Gasteiger partial charge in [-0.3, -0.25) is 0 Å². The van der Waals surface area contributed by atoms with Crippen molar-refractivity contribution < 1.29 is 31.0 Å². The first-order chi connectivity index (χ1) is 9.84. The first kappa shape index (κ1) is 24.9. The van der Waals surface area contributed by atoms with Crippen molar-refractivity contribution in [1.29, 1.82) is 0 Å². The van der Waals surface area contributed by atoms with Gasteiger partial charge in [0.1, 0.15) is 0 Å². The van der Waals surface area contributed by atoms with Crippen molar-refractivity contribution in [3.8, 4) is 0 Å². The molecule has 0 atom stereocenters. The minimum Gasteiger partial charge on any atom is 0 e. The Morgan fingerprint density at radius 1 is 0.857 bits per heavy atom. The second kappa shape index (κ2) is 19.0. The SMILES string of the molecule is C[C]1[CH][CH][CH][C](Cc2ccccc2)[CH]1.[C-]#[O+].[C-]#[O+].[C-]#[O+].[Mn]. The Kier molecular flexibility index (Phi) is 22.5. The molecule has 1 fully saturated rings. The molecule has 0 aromatic heterocycles. The van der Waals surface area contributed by atoms with Gasteiger partial charge in [-0.2, -0.15) is 0 Å². The third-order valence-corrected chi connectivity index (χ3v) is 2.33. The summed E-state index contributed by atoms with van der Waals surface area (Å²) in [4.78, 5) is 0. The van der Waals surface area contributed by atoms with Gasteiger partial charge in [-0.1, -0.05) is 37.3 Å². The molecule has 0 amide bonds. The molecule has 0 heterocycles. The Morgan fingerprint density at radius 3 is 1.86 bits per heavy atom. The van der Waals surface area contributed by atoms with Crippen LogP contribution in [0, 0.1) is 57.5 Å². The quantitative estimate of drug-likeness (QED) is 0.456. The van der Waals surface area contributed by atoms with Crippen molar-refractivity contribution in [2.24, 2.45) is 0 Å². The van der Waals surface area contributed by atoms with Crippen LogP contribution in [0.5, 0.6) is 0 Å². The van der Waals surface area contributed by atoms with Gasteiger partial charge in [0.15, 0.2) is 0 Å². The van der Waals surface area contributed by atoms with Crippen LogP contribution in [0.15, 0.2) is 30.3 Å². The molecule has 0 bridgehead atoms. The zero-order valence-electron chi connectivity index (χ0n) is 11.5. The van der Waals surface area contributed by atoms with Gasteiger partial charge in [-0.15, -0.1) is 0 Å². The molecule has 0 N–H and O–H groups in total. The van der Waals surface area contributed by atoms with E-state index in [9.17, 15) is 0 Å². The molecule has 3 nitrogen and oxygen atoms in total. The van der Waals surface area contributed by atoms with Crippen LogP contribution in [0.1, 0.15) is 12.5 Å². The summed E-state index contributed by atoms with van der Waals surface area (Å²) < 4.78 is 22.5. The second-order valence-electron chi connectivity index (χ2n) is 3.65. The smallest absolute Gasteiger partial charge is 0 e. The van der Waals surface area contributed by atoms with Crippen LogP contribution in [0.2, 0.25) is 0 Å². The third kappa shape index (κ3) is 12.4. The molecular formula is C17H14MnO3. The first-order valence-corrected chi connectivity index (χ1v) is 5.55. The summed E-state index contributed by atoms with van der Waals surface area (Å²) in [7, 11) is 0. The van der Waals surface area contributed by atoms with Crippen LogP contribution in [0.3, 0.4) is 0 Å². The van der Waals surface area contributed by atoms with Crippen LogP contribution in [0.25, 0.3) is 0 Å². The summed E-state index contributed by atoms with van der Waals surface area (Å²) in [6, 6.07) is 10.6. The predicted molar refractivity (Wildman–Crippen MR) is 71.3 cm³/mol. The predicted octanol–water partition coefficient (Wildman–Crippen LogP) is 3.11. The minimum atomic E-state index is 0. The Balaban J connectivity index is -0.000000414. The molecule has 0 saturated heterocycles. The van der Waals surface area contributed by atoms with Crippen LogP contribution in [0.4, 0.5) is 0 Å². The Morgan fingerprint density at radius 2 is 1.38 bits per heavy atom. The molecule has 107 valence electrons. The fourth-order valence-electron chi connectivity index (χ4n) is 1.65. The summed E-state index contributed by atoms with van der Waals surface area (Å²) in [5.41, 5.74) is 1.37. The Hall–Kier alpha value is -1.04. The molecule has 4 heteroatoms. The molecule has 1 aliphatic rings. The van der Waals surface area contributed by atoms with Crippen LogP contribution in [-0.2, 0) is 37.4 Å². The zero-order valence-corrected chi connectivity index (χ0v) is 12.7. The molecule has 21 heavy (non-hydrogen) atoms. The van der Waals surface area contributed by atoms with Crippen LogP contribution in [-0.4, -0.2) is 0 Å². The van der Waals surface area contributed by atoms with Crippen molar-refractivity contribution in [3.05, 3.63) is 93.4 Å². The average Bonchev–Trinajstić information content (AvgIpc) is 2.54. The van der Waals surface area contributed by atoms with Gasteiger partial charge in [0.2, 0.25) is 0 Å². The number of hydrogen-bond acceptors (Lipinski definition) is 0. The van der Waals surface area contributed by atoms with Crippen molar-refractivity contribution >= 4 is 0 Å². The molecule has 7 radical (unpaired) electrons. The third-order valence-electron chi connectivity index (χ3n) is 2.33. The van der Waals surface area contributed by atoms with E-state index in [-0.39, 0.29) is 17.1 Å². The van der Waals surface area contributed by atoms with Crippen molar-refractivity contribution in [2.75, 3.05) is 0 Å². The van der Waals surface area contributed by atoms with E-state index < -0.39 is 0 Å². The van der Waals surface area contributed by atoms with E-state index in [2.05, 4.69) is 82.9 Å². The van der Waals surface area contributed by atoms with Gasteiger partial charge in [0.05, 0.1) is 0 Å². The number of benzene rings is 1. The topological polar surface area (TPSA) is 59.7 Å². The summed E-state index contributed by atoms with van der Waals surface area (Å²) in [5.74, 6) is 2.72. The van der Waals surface area contributed by atoms with Gasteiger partial charge in [-0.05, 0) is 49.5 Å². The summed E-state index contributed by atoms with van der Waals surface area (Å²) in [5, 5.41) is 0. The second-order valence-corrected chi connectivity index (χ2v) is 3.65. The zero-order chi connectivity index (χ0) is 15.8. The molecule has 1 aromatic rings. The summed E-state index contributed by atoms with van der Waals surface area (Å²) in [6.07, 6.45) is 9.71. The maximum atomic E-state index is 7.50. The molecular weight excluding hydrogens is 307 g/mol. The molecule has 0 spiro atoms. The van der Waals surface area contributed by atoms with E-state index in [1.54, 1.807) is 0 Å². The molecule has 1 aliphatic carbocycles. The fraction of sp³-hybridized carbons (Fsp3) is 0.118. The molecule has 1 saturated carbocycles. The van der Waals surface area contributed by atoms with Crippen molar-refractivity contribution in [2.45, 2.75) is 13.3 Å². The van der Waals surface area contributed by atoms with E-state index in [1.165, 1.54) is 17.4 Å². The van der Waals surface area contributed by atoms with E-state index >= 15 is 0 Å². The monoisotopic (exact) mass is 321 g/mol. The molecule has 1 aromatic carbocycles. The summed E-state index contributed by atoms with van der Waals surface area (Å²) in [6.45, 7) is 15.6. The molecule has 2 rings (SSSR count). The maximum absolute atomic E-state index is 7.50. The maximum Gasteiger partial charge on any atom is 0 e. The minimum absolute atomic E-state index is 0. The standard InChI is InChI=1S/C14H14.3CO.Mn/c1-12-6-5-9-14(10-12)11-13-7-3-2-4-8-13;3*1-2;/h2-10H,11H2,1H3;;;;. The number of hydrogen-bond donors (Lipinski definition) is 0. The Bertz CT molecular complexity index is 370. The largest absolute Gasteiger partial charge is 0 e. The summed E-state index contributed by atoms with van der Waals surface area (Å²) >= 11 is 0. The van der Waals surface area contributed by atoms with Gasteiger partial charge in [0.25, 0.3) is 0 Å². The molecule has 0 aliphatic heterocycles. The van der Waals surface area contributed by atoms with E-state index in [0.717, 1.165) is 6.42 Å². The molecule has 0 unspecified atom stereocenters. The average molecular weight is 321 g/mol. The van der Waals surface area contributed by atoms with Crippen LogP contribution >= 0.6 is 0 Å². The van der Waals surface area contributed by atoms with E-state index in [0.29, 0.717) is 0 Å². The van der Waals surface area contributed by atoms with Crippen molar-refractivity contribution in [3.63, 3.8) is 0 Å². The van der Waals surface area contributed by atoms with Crippen molar-refractivity contribution in [1.82, 2.24) is 0 Å². The van der Waals surface area contributed by atoms with Gasteiger partial charge in [0, 0.05) is 17.1 Å². The first-order valence-electron chi connectivity index (χ1n) is 5.55. The van der Waals surface area contributed by atoms with Crippen LogP contribution < -0.4 is 0 Å². The van der Waals surface area contributed by atoms with E-state index in [1.807, 2.05) is 0 Å².